The molecule has 2 N–H and O–H groups in total. The highest BCUT2D eigenvalue weighted by Gasteiger charge is 2.11. The van der Waals surface area contributed by atoms with Gasteiger partial charge in [-0.3, -0.25) is 0 Å². The number of hydrogen-bond donors (Lipinski definition) is 1. The number of aryl methyl sites for hydroxylation is 2. The zero-order valence-electron chi connectivity index (χ0n) is 11.1. The van der Waals surface area contributed by atoms with Gasteiger partial charge in [0.1, 0.15) is 5.82 Å². The second-order valence-corrected chi connectivity index (χ2v) is 5.17. The van der Waals surface area contributed by atoms with Crippen molar-refractivity contribution in [1.29, 1.82) is 0 Å². The van der Waals surface area contributed by atoms with Gasteiger partial charge in [-0.05, 0) is 37.1 Å². The molecule has 0 radical (unpaired) electrons. The van der Waals surface area contributed by atoms with Gasteiger partial charge >= 0.3 is 0 Å². The van der Waals surface area contributed by atoms with Crippen LogP contribution >= 0.6 is 11.8 Å². The summed E-state index contributed by atoms with van der Waals surface area (Å²) in [5.41, 5.74) is 9.32. The molecular weight excluding hydrogens is 230 g/mol. The van der Waals surface area contributed by atoms with Gasteiger partial charge in [-0.15, -0.1) is 0 Å². The summed E-state index contributed by atoms with van der Waals surface area (Å²) in [7, 11) is 0. The quantitative estimate of drug-likeness (QED) is 0.810. The lowest BCUT2D eigenvalue weighted by molar-refractivity contribution is 0.815. The maximum absolute atomic E-state index is 5.67. The largest absolute Gasteiger partial charge is 0.330 e. The topological polar surface area (TPSA) is 51.8 Å². The van der Waals surface area contributed by atoms with E-state index >= 15 is 0 Å². The van der Waals surface area contributed by atoms with Crippen molar-refractivity contribution in [3.63, 3.8) is 0 Å². The molecule has 1 aromatic rings. The smallest absolute Gasteiger partial charge is 0.138 e. The Bertz CT molecular complexity index is 328. The third-order valence-corrected chi connectivity index (χ3v) is 3.59. The molecule has 0 fully saturated rings. The molecule has 0 unspecified atom stereocenters. The SMILES string of the molecule is CCSCc1nc(CC)c(CCN)c(CC)n1. The number of thioether (sulfide) groups is 1. The molecule has 1 rings (SSSR count). The Morgan fingerprint density at radius 1 is 1.06 bits per heavy atom. The third kappa shape index (κ3) is 3.96. The van der Waals surface area contributed by atoms with Crippen molar-refractivity contribution in [3.05, 3.63) is 22.8 Å². The maximum atomic E-state index is 5.67. The molecule has 0 aliphatic heterocycles. The average Bonchev–Trinajstić information content (AvgIpc) is 2.37. The van der Waals surface area contributed by atoms with Crippen molar-refractivity contribution in [3.8, 4) is 0 Å². The molecule has 17 heavy (non-hydrogen) atoms. The fraction of sp³-hybridized carbons (Fsp3) is 0.692. The molecule has 96 valence electrons. The highest BCUT2D eigenvalue weighted by atomic mass is 32.2. The minimum Gasteiger partial charge on any atom is -0.330 e. The van der Waals surface area contributed by atoms with Crippen LogP contribution in [0.4, 0.5) is 0 Å². The van der Waals surface area contributed by atoms with Crippen molar-refractivity contribution >= 4 is 11.8 Å². The van der Waals surface area contributed by atoms with Gasteiger partial charge in [0.05, 0.1) is 5.75 Å². The van der Waals surface area contributed by atoms with E-state index in [9.17, 15) is 0 Å². The molecule has 1 heterocycles. The first kappa shape index (κ1) is 14.5. The molecule has 3 nitrogen and oxygen atoms in total. The summed E-state index contributed by atoms with van der Waals surface area (Å²) < 4.78 is 0. The zero-order chi connectivity index (χ0) is 12.7. The first-order valence-corrected chi connectivity index (χ1v) is 7.57. The summed E-state index contributed by atoms with van der Waals surface area (Å²) in [5.74, 6) is 3.00. The van der Waals surface area contributed by atoms with Crippen LogP contribution in [0.1, 0.15) is 43.5 Å². The summed E-state index contributed by atoms with van der Waals surface area (Å²) in [6.07, 6.45) is 2.83. The van der Waals surface area contributed by atoms with Crippen molar-refractivity contribution in [1.82, 2.24) is 9.97 Å². The number of hydrogen-bond acceptors (Lipinski definition) is 4. The summed E-state index contributed by atoms with van der Waals surface area (Å²) in [5, 5.41) is 0. The second kappa shape index (κ2) is 7.67. The Hall–Kier alpha value is -0.610. The molecular formula is C13H23N3S. The van der Waals surface area contributed by atoms with Crippen LogP contribution in [0.5, 0.6) is 0 Å². The van der Waals surface area contributed by atoms with Gasteiger partial charge in [0.15, 0.2) is 0 Å². The van der Waals surface area contributed by atoms with Gasteiger partial charge in [-0.25, -0.2) is 9.97 Å². The van der Waals surface area contributed by atoms with Crippen molar-refractivity contribution in [2.45, 2.75) is 45.8 Å². The maximum Gasteiger partial charge on any atom is 0.138 e. The molecule has 0 aliphatic carbocycles. The number of nitrogens with zero attached hydrogens (tertiary/aromatic N) is 2. The number of rotatable bonds is 7. The first-order valence-electron chi connectivity index (χ1n) is 6.42. The fourth-order valence-corrected chi connectivity index (χ4v) is 2.43. The molecule has 0 amide bonds. The molecule has 0 aromatic carbocycles. The predicted octanol–water partition coefficient (Wildman–Crippen LogP) is 2.36. The van der Waals surface area contributed by atoms with E-state index in [1.54, 1.807) is 0 Å². The van der Waals surface area contributed by atoms with E-state index in [0.29, 0.717) is 6.54 Å². The predicted molar refractivity (Wildman–Crippen MR) is 75.4 cm³/mol. The van der Waals surface area contributed by atoms with E-state index in [1.807, 2.05) is 11.8 Å². The average molecular weight is 253 g/mol. The van der Waals surface area contributed by atoms with Crippen LogP contribution in [-0.4, -0.2) is 22.3 Å². The van der Waals surface area contributed by atoms with Crippen LogP contribution < -0.4 is 5.73 Å². The highest BCUT2D eigenvalue weighted by molar-refractivity contribution is 7.98. The van der Waals surface area contributed by atoms with Gasteiger partial charge in [0.25, 0.3) is 0 Å². The van der Waals surface area contributed by atoms with Gasteiger partial charge in [0.2, 0.25) is 0 Å². The molecule has 0 bridgehead atoms. The monoisotopic (exact) mass is 253 g/mol. The Morgan fingerprint density at radius 2 is 1.65 bits per heavy atom. The van der Waals surface area contributed by atoms with E-state index in [-0.39, 0.29) is 0 Å². The van der Waals surface area contributed by atoms with Crippen molar-refractivity contribution in [2.75, 3.05) is 12.3 Å². The second-order valence-electron chi connectivity index (χ2n) is 3.89. The van der Waals surface area contributed by atoms with Crippen molar-refractivity contribution in [2.24, 2.45) is 5.73 Å². The van der Waals surface area contributed by atoms with E-state index in [0.717, 1.165) is 36.6 Å². The van der Waals surface area contributed by atoms with Gasteiger partial charge in [0, 0.05) is 11.4 Å². The van der Waals surface area contributed by atoms with Gasteiger partial charge < -0.3 is 5.73 Å². The minimum atomic E-state index is 0.673. The van der Waals surface area contributed by atoms with Gasteiger partial charge in [-0.2, -0.15) is 11.8 Å². The lowest BCUT2D eigenvalue weighted by atomic mass is 10.0. The first-order chi connectivity index (χ1) is 8.26. The lowest BCUT2D eigenvalue weighted by Gasteiger charge is -2.13. The standard InChI is InChI=1S/C13H23N3S/c1-4-11-10(7-8-14)12(5-2)16-13(15-11)9-17-6-3/h4-9,14H2,1-3H3. The van der Waals surface area contributed by atoms with Crippen LogP contribution in [-0.2, 0) is 25.0 Å². The van der Waals surface area contributed by atoms with E-state index < -0.39 is 0 Å². The number of nitrogens with two attached hydrogens (primary N) is 1. The summed E-state index contributed by atoms with van der Waals surface area (Å²) in [6, 6.07) is 0. The fourth-order valence-electron chi connectivity index (χ4n) is 1.91. The van der Waals surface area contributed by atoms with Crippen LogP contribution in [0, 0.1) is 0 Å². The van der Waals surface area contributed by atoms with E-state index in [1.165, 1.54) is 17.0 Å². The molecule has 1 aromatic heterocycles. The zero-order valence-corrected chi connectivity index (χ0v) is 11.9. The summed E-state index contributed by atoms with van der Waals surface area (Å²) in [4.78, 5) is 9.34. The van der Waals surface area contributed by atoms with Gasteiger partial charge in [-0.1, -0.05) is 20.8 Å². The van der Waals surface area contributed by atoms with E-state index in [4.69, 9.17) is 5.73 Å². The van der Waals surface area contributed by atoms with E-state index in [2.05, 4.69) is 30.7 Å². The highest BCUT2D eigenvalue weighted by Crippen LogP contribution is 2.16. The summed E-state index contributed by atoms with van der Waals surface area (Å²) >= 11 is 1.87. The molecule has 0 atom stereocenters. The van der Waals surface area contributed by atoms with Crippen molar-refractivity contribution < 1.29 is 0 Å². The number of aromatic nitrogens is 2. The normalized spacial score (nSPS) is 10.8. The Morgan fingerprint density at radius 3 is 2.06 bits per heavy atom. The Kier molecular flexibility index (Phi) is 6.52. The van der Waals surface area contributed by atoms with Crippen LogP contribution in [0.25, 0.3) is 0 Å². The molecule has 0 saturated heterocycles. The molecule has 0 spiro atoms. The molecule has 0 aliphatic rings. The molecule has 4 heteroatoms. The summed E-state index contributed by atoms with van der Waals surface area (Å²) in [6.45, 7) is 7.14. The van der Waals surface area contributed by atoms with Crippen LogP contribution in [0.3, 0.4) is 0 Å². The third-order valence-electron chi connectivity index (χ3n) is 2.72. The minimum absolute atomic E-state index is 0.673. The van der Waals surface area contributed by atoms with Crippen LogP contribution in [0.2, 0.25) is 0 Å². The Balaban J connectivity index is 3.05. The van der Waals surface area contributed by atoms with Crippen LogP contribution in [0.15, 0.2) is 0 Å². The Labute approximate surface area is 109 Å². The lowest BCUT2D eigenvalue weighted by Crippen LogP contribution is -2.13. The molecule has 0 saturated carbocycles.